The molecule has 0 saturated carbocycles. The molecule has 22 heavy (non-hydrogen) atoms. The van der Waals surface area contributed by atoms with E-state index < -0.39 is 0 Å². The Kier molecular flexibility index (Phi) is 4.11. The fourth-order valence-electron chi connectivity index (χ4n) is 3.19. The van der Waals surface area contributed by atoms with Gasteiger partial charge in [0.25, 0.3) is 0 Å². The van der Waals surface area contributed by atoms with Gasteiger partial charge in [0, 0.05) is 32.2 Å². The summed E-state index contributed by atoms with van der Waals surface area (Å²) in [5, 5.41) is 0.963. The van der Waals surface area contributed by atoms with Gasteiger partial charge < -0.3 is 15.5 Å². The van der Waals surface area contributed by atoms with E-state index in [1.807, 2.05) is 12.1 Å². The van der Waals surface area contributed by atoms with E-state index in [1.54, 1.807) is 6.33 Å². The second kappa shape index (κ2) is 6.04. The summed E-state index contributed by atoms with van der Waals surface area (Å²) in [7, 11) is 2.12. The Balaban J connectivity index is 1.82. The van der Waals surface area contributed by atoms with Crippen molar-refractivity contribution in [2.45, 2.75) is 38.8 Å². The van der Waals surface area contributed by atoms with Crippen molar-refractivity contribution in [3.63, 3.8) is 0 Å². The van der Waals surface area contributed by atoms with Crippen molar-refractivity contribution >= 4 is 22.7 Å². The predicted octanol–water partition coefficient (Wildman–Crippen LogP) is 1.92. The second-order valence-electron chi connectivity index (χ2n) is 6.28. The summed E-state index contributed by atoms with van der Waals surface area (Å²) in [4.78, 5) is 17.8. The van der Waals surface area contributed by atoms with Crippen LogP contribution in [0, 0.1) is 0 Å². The molecule has 0 unspecified atom stereocenters. The fraction of sp³-hybridized carbons (Fsp3) is 0.562. The molecule has 1 aliphatic heterocycles. The van der Waals surface area contributed by atoms with Gasteiger partial charge in [0.05, 0.1) is 5.39 Å². The van der Waals surface area contributed by atoms with E-state index in [2.05, 4.69) is 45.6 Å². The van der Waals surface area contributed by atoms with Crippen molar-refractivity contribution in [2.24, 2.45) is 0 Å². The summed E-state index contributed by atoms with van der Waals surface area (Å²) in [6, 6.07) is 4.90. The average Bonchev–Trinajstić information content (AvgIpc) is 2.53. The molecule has 6 heteroatoms. The van der Waals surface area contributed by atoms with Gasteiger partial charge in [-0.2, -0.15) is 0 Å². The van der Waals surface area contributed by atoms with Crippen LogP contribution in [-0.2, 0) is 0 Å². The summed E-state index contributed by atoms with van der Waals surface area (Å²) in [6.45, 7) is 6.80. The Morgan fingerprint density at radius 2 is 1.95 bits per heavy atom. The van der Waals surface area contributed by atoms with E-state index in [1.165, 1.54) is 0 Å². The van der Waals surface area contributed by atoms with Crippen LogP contribution in [0.2, 0.25) is 0 Å². The Hall–Kier alpha value is -1.95. The summed E-state index contributed by atoms with van der Waals surface area (Å²) in [6.07, 6.45) is 3.88. The first-order valence-electron chi connectivity index (χ1n) is 7.90. The largest absolute Gasteiger partial charge is 0.384 e. The Morgan fingerprint density at radius 1 is 1.23 bits per heavy atom. The van der Waals surface area contributed by atoms with E-state index in [0.29, 0.717) is 23.5 Å². The van der Waals surface area contributed by atoms with Crippen molar-refractivity contribution < 1.29 is 0 Å². The third kappa shape index (κ3) is 2.83. The molecule has 1 saturated heterocycles. The molecule has 2 aromatic rings. The maximum Gasteiger partial charge on any atom is 0.166 e. The van der Waals surface area contributed by atoms with Crippen molar-refractivity contribution in [2.75, 3.05) is 30.8 Å². The van der Waals surface area contributed by atoms with E-state index in [4.69, 9.17) is 5.73 Å². The number of pyridine rings is 1. The number of likely N-dealkylation sites (tertiary alicyclic amines) is 1. The van der Waals surface area contributed by atoms with Crippen LogP contribution in [0.15, 0.2) is 18.5 Å². The summed E-state index contributed by atoms with van der Waals surface area (Å²) >= 11 is 0. The monoisotopic (exact) mass is 300 g/mol. The maximum absolute atomic E-state index is 5.75. The number of nitrogens with two attached hydrogens (primary N) is 1. The lowest BCUT2D eigenvalue weighted by atomic mass is 10.0. The topological polar surface area (TPSA) is 71.2 Å². The highest BCUT2D eigenvalue weighted by atomic mass is 15.2. The van der Waals surface area contributed by atoms with Gasteiger partial charge in [0.2, 0.25) is 0 Å². The zero-order valence-electron chi connectivity index (χ0n) is 13.5. The normalized spacial score (nSPS) is 17.3. The number of fused-ring (bicyclic) bond motifs is 1. The third-order valence-electron chi connectivity index (χ3n) is 4.61. The highest BCUT2D eigenvalue weighted by Crippen LogP contribution is 2.26. The number of nitrogen functional groups attached to an aromatic ring is 1. The van der Waals surface area contributed by atoms with Crippen molar-refractivity contribution in [3.05, 3.63) is 18.5 Å². The van der Waals surface area contributed by atoms with Gasteiger partial charge in [0.15, 0.2) is 5.65 Å². The maximum atomic E-state index is 5.75. The number of rotatable bonds is 3. The molecular formula is C16H24N6. The van der Waals surface area contributed by atoms with Crippen LogP contribution in [0.3, 0.4) is 0 Å². The van der Waals surface area contributed by atoms with Crippen LogP contribution in [0.25, 0.3) is 11.0 Å². The number of nitrogens with zero attached hydrogens (tertiary/aromatic N) is 5. The van der Waals surface area contributed by atoms with E-state index in [-0.39, 0.29) is 0 Å². The minimum Gasteiger partial charge on any atom is -0.384 e. The molecule has 1 aliphatic rings. The molecule has 1 fully saturated rings. The first-order valence-corrected chi connectivity index (χ1v) is 7.90. The first-order chi connectivity index (χ1) is 10.6. The molecule has 0 aromatic carbocycles. The van der Waals surface area contributed by atoms with Gasteiger partial charge in [-0.15, -0.1) is 0 Å². The number of aromatic nitrogens is 3. The van der Waals surface area contributed by atoms with Crippen LogP contribution in [-0.4, -0.2) is 52.1 Å². The fourth-order valence-corrected chi connectivity index (χ4v) is 3.19. The lowest BCUT2D eigenvalue weighted by Gasteiger charge is -2.39. The van der Waals surface area contributed by atoms with Crippen LogP contribution < -0.4 is 10.6 Å². The number of anilines is 2. The van der Waals surface area contributed by atoms with E-state index in [0.717, 1.165) is 37.1 Å². The van der Waals surface area contributed by atoms with Gasteiger partial charge in [0.1, 0.15) is 18.0 Å². The standard InChI is InChI=1S/C16H24N6/c1-11(2)22-8-6-12(7-9-22)21(3)16-13-4-5-14(17)20-15(13)18-10-19-16/h4-5,10-12H,6-9H2,1-3H3,(H2,17,18,19,20). The highest BCUT2D eigenvalue weighted by molar-refractivity contribution is 5.87. The van der Waals surface area contributed by atoms with Crippen LogP contribution in [0.4, 0.5) is 11.6 Å². The molecule has 2 N–H and O–H groups in total. The minimum atomic E-state index is 0.491. The predicted molar refractivity (Wildman–Crippen MR) is 89.9 cm³/mol. The smallest absolute Gasteiger partial charge is 0.166 e. The quantitative estimate of drug-likeness (QED) is 0.933. The van der Waals surface area contributed by atoms with Gasteiger partial charge in [-0.25, -0.2) is 15.0 Å². The van der Waals surface area contributed by atoms with Crippen molar-refractivity contribution in [1.29, 1.82) is 0 Å². The number of hydrogen-bond acceptors (Lipinski definition) is 6. The van der Waals surface area contributed by atoms with Crippen LogP contribution >= 0.6 is 0 Å². The summed E-state index contributed by atoms with van der Waals surface area (Å²) < 4.78 is 0. The Bertz CT molecular complexity index is 648. The highest BCUT2D eigenvalue weighted by Gasteiger charge is 2.25. The van der Waals surface area contributed by atoms with Crippen LogP contribution in [0.1, 0.15) is 26.7 Å². The molecule has 0 amide bonds. The minimum absolute atomic E-state index is 0.491. The summed E-state index contributed by atoms with van der Waals surface area (Å²) in [5.41, 5.74) is 6.41. The lowest BCUT2D eigenvalue weighted by molar-refractivity contribution is 0.171. The van der Waals surface area contributed by atoms with E-state index in [9.17, 15) is 0 Å². The second-order valence-corrected chi connectivity index (χ2v) is 6.28. The van der Waals surface area contributed by atoms with Gasteiger partial charge >= 0.3 is 0 Å². The molecule has 3 heterocycles. The van der Waals surface area contributed by atoms with Gasteiger partial charge in [-0.05, 0) is 38.8 Å². The first kappa shape index (κ1) is 15.0. The zero-order chi connectivity index (χ0) is 15.7. The molecule has 6 nitrogen and oxygen atoms in total. The van der Waals surface area contributed by atoms with Crippen LogP contribution in [0.5, 0.6) is 0 Å². The molecular weight excluding hydrogens is 276 g/mol. The third-order valence-corrected chi connectivity index (χ3v) is 4.61. The SMILES string of the molecule is CC(C)N1CCC(N(C)c2ncnc3nc(N)ccc23)CC1. The molecule has 0 radical (unpaired) electrons. The molecule has 0 spiro atoms. The zero-order valence-corrected chi connectivity index (χ0v) is 13.5. The molecule has 0 bridgehead atoms. The molecule has 118 valence electrons. The summed E-state index contributed by atoms with van der Waals surface area (Å²) in [5.74, 6) is 1.44. The molecule has 3 rings (SSSR count). The molecule has 0 aliphatic carbocycles. The van der Waals surface area contributed by atoms with Crippen molar-refractivity contribution in [1.82, 2.24) is 19.9 Å². The Labute approximate surface area is 131 Å². The van der Waals surface area contributed by atoms with E-state index >= 15 is 0 Å². The number of piperidine rings is 1. The Morgan fingerprint density at radius 3 is 2.64 bits per heavy atom. The lowest BCUT2D eigenvalue weighted by Crippen LogP contribution is -2.46. The van der Waals surface area contributed by atoms with Crippen molar-refractivity contribution in [3.8, 4) is 0 Å². The molecule has 2 aromatic heterocycles. The van der Waals surface area contributed by atoms with Gasteiger partial charge in [-0.1, -0.05) is 0 Å². The van der Waals surface area contributed by atoms with Gasteiger partial charge in [-0.3, -0.25) is 0 Å². The average molecular weight is 300 g/mol. The number of hydrogen-bond donors (Lipinski definition) is 1. The molecule has 0 atom stereocenters.